The molecule has 1 aliphatic carbocycles. The van der Waals surface area contributed by atoms with Crippen LogP contribution in [0.4, 0.5) is 10.6 Å². The van der Waals surface area contributed by atoms with Gasteiger partial charge in [0, 0.05) is 25.4 Å². The summed E-state index contributed by atoms with van der Waals surface area (Å²) in [7, 11) is 1.63. The van der Waals surface area contributed by atoms with Gasteiger partial charge in [-0.1, -0.05) is 18.6 Å². The molecule has 0 bridgehead atoms. The maximum absolute atomic E-state index is 12.6. The van der Waals surface area contributed by atoms with Crippen molar-refractivity contribution >= 4 is 17.8 Å². The minimum absolute atomic E-state index is 0.0448. The zero-order chi connectivity index (χ0) is 19.7. The Balaban J connectivity index is 1.37. The van der Waals surface area contributed by atoms with Gasteiger partial charge in [-0.2, -0.15) is 5.10 Å². The first-order chi connectivity index (χ1) is 13.5. The molecule has 2 amide bonds. The van der Waals surface area contributed by atoms with Crippen LogP contribution in [0.1, 0.15) is 24.8 Å². The molecule has 2 N–H and O–H groups in total. The Morgan fingerprint density at radius 2 is 2.11 bits per heavy atom. The number of benzene rings is 1. The highest BCUT2D eigenvalue weighted by Gasteiger charge is 2.55. The third-order valence-electron chi connectivity index (χ3n) is 5.96. The lowest BCUT2D eigenvalue weighted by Gasteiger charge is -2.23. The number of fused-ring (bicyclic) bond motifs is 1. The van der Waals surface area contributed by atoms with E-state index >= 15 is 0 Å². The summed E-state index contributed by atoms with van der Waals surface area (Å²) < 4.78 is 6.90. The fourth-order valence-corrected chi connectivity index (χ4v) is 4.42. The summed E-state index contributed by atoms with van der Waals surface area (Å²) in [6.07, 6.45) is 4.24. The number of hydrogen-bond acceptors (Lipinski definition) is 4. The molecule has 0 radical (unpaired) electrons. The number of amides is 2. The van der Waals surface area contributed by atoms with E-state index in [1.807, 2.05) is 24.3 Å². The number of carbonyl (C=O) groups is 2. The molecule has 148 valence electrons. The molecule has 0 spiro atoms. The Morgan fingerprint density at radius 1 is 1.32 bits per heavy atom. The number of carboxylic acids is 1. The quantitative estimate of drug-likeness (QED) is 0.826. The molecule has 0 unspecified atom stereocenters. The maximum atomic E-state index is 12.6. The Bertz CT molecular complexity index is 879. The van der Waals surface area contributed by atoms with Gasteiger partial charge in [-0.15, -0.1) is 0 Å². The SMILES string of the molecule is COc1ccc(Cn2ccc(NC(=O)N3C[C@@H]4CCC[C@@]4(C(=O)O)C3)n2)cc1. The van der Waals surface area contributed by atoms with Gasteiger partial charge in [0.1, 0.15) is 5.75 Å². The van der Waals surface area contributed by atoms with Crippen molar-refractivity contribution in [3.8, 4) is 5.75 Å². The van der Waals surface area contributed by atoms with Gasteiger partial charge in [-0.25, -0.2) is 4.79 Å². The molecule has 1 aromatic heterocycles. The van der Waals surface area contributed by atoms with Crippen LogP contribution in [0.2, 0.25) is 0 Å². The Morgan fingerprint density at radius 3 is 2.79 bits per heavy atom. The zero-order valence-electron chi connectivity index (χ0n) is 15.8. The molecular formula is C20H24N4O4. The van der Waals surface area contributed by atoms with Gasteiger partial charge < -0.3 is 14.7 Å². The number of rotatable bonds is 5. The number of aromatic nitrogens is 2. The van der Waals surface area contributed by atoms with E-state index in [4.69, 9.17) is 4.74 Å². The Kier molecular flexibility index (Phi) is 4.70. The number of nitrogens with one attached hydrogen (secondary N) is 1. The highest BCUT2D eigenvalue weighted by molar-refractivity contribution is 5.89. The van der Waals surface area contributed by atoms with E-state index in [1.165, 1.54) is 0 Å². The number of likely N-dealkylation sites (tertiary alicyclic amines) is 1. The number of hydrogen-bond donors (Lipinski definition) is 2. The van der Waals surface area contributed by atoms with Crippen LogP contribution in [0.25, 0.3) is 0 Å². The predicted octanol–water partition coefficient (Wildman–Crippen LogP) is 2.66. The van der Waals surface area contributed by atoms with Crippen molar-refractivity contribution in [2.45, 2.75) is 25.8 Å². The Labute approximate surface area is 163 Å². The molecule has 1 aromatic carbocycles. The number of urea groups is 1. The number of nitrogens with zero attached hydrogens (tertiary/aromatic N) is 3. The van der Waals surface area contributed by atoms with Crippen molar-refractivity contribution in [2.24, 2.45) is 11.3 Å². The summed E-state index contributed by atoms with van der Waals surface area (Å²) in [5, 5.41) is 16.8. The number of methoxy groups -OCH3 is 1. The summed E-state index contributed by atoms with van der Waals surface area (Å²) in [5.41, 5.74) is 0.294. The largest absolute Gasteiger partial charge is 0.497 e. The number of anilines is 1. The minimum Gasteiger partial charge on any atom is -0.497 e. The van der Waals surface area contributed by atoms with E-state index in [2.05, 4.69) is 10.4 Å². The van der Waals surface area contributed by atoms with Crippen LogP contribution in [-0.4, -0.2) is 52.0 Å². The van der Waals surface area contributed by atoms with Crippen molar-refractivity contribution in [3.63, 3.8) is 0 Å². The van der Waals surface area contributed by atoms with Gasteiger partial charge in [0.05, 0.1) is 19.1 Å². The van der Waals surface area contributed by atoms with Crippen molar-refractivity contribution < 1.29 is 19.4 Å². The van der Waals surface area contributed by atoms with Crippen molar-refractivity contribution in [3.05, 3.63) is 42.1 Å². The summed E-state index contributed by atoms with van der Waals surface area (Å²) in [5.74, 6) is 0.518. The molecular weight excluding hydrogens is 360 g/mol. The molecule has 4 rings (SSSR count). The van der Waals surface area contributed by atoms with E-state index in [-0.39, 0.29) is 18.5 Å². The number of ether oxygens (including phenoxy) is 1. The highest BCUT2D eigenvalue weighted by Crippen LogP contribution is 2.48. The van der Waals surface area contributed by atoms with Crippen LogP contribution in [0, 0.1) is 11.3 Å². The van der Waals surface area contributed by atoms with Crippen LogP contribution < -0.4 is 10.1 Å². The molecule has 8 heteroatoms. The molecule has 2 aliphatic rings. The third-order valence-corrected chi connectivity index (χ3v) is 5.96. The van der Waals surface area contributed by atoms with E-state index in [9.17, 15) is 14.7 Å². The number of carbonyl (C=O) groups excluding carboxylic acids is 1. The lowest BCUT2D eigenvalue weighted by Crippen LogP contribution is -2.38. The summed E-state index contributed by atoms with van der Waals surface area (Å²) in [6.45, 7) is 1.34. The monoisotopic (exact) mass is 384 g/mol. The van der Waals surface area contributed by atoms with E-state index in [0.717, 1.165) is 24.2 Å². The second kappa shape index (κ2) is 7.18. The van der Waals surface area contributed by atoms with Crippen LogP contribution in [0.3, 0.4) is 0 Å². The van der Waals surface area contributed by atoms with E-state index in [1.54, 1.807) is 29.0 Å². The first-order valence-corrected chi connectivity index (χ1v) is 9.46. The van der Waals surface area contributed by atoms with Gasteiger partial charge in [-0.3, -0.25) is 14.8 Å². The topological polar surface area (TPSA) is 96.7 Å². The average molecular weight is 384 g/mol. The average Bonchev–Trinajstić information content (AvgIpc) is 3.37. The standard InChI is InChI=1S/C20H24N4O4/c1-28-16-6-4-14(5-7-16)11-24-10-8-17(22-24)21-19(27)23-12-15-3-2-9-20(15,13-23)18(25)26/h4-8,10,15H,2-3,9,11-13H2,1H3,(H,25,26)(H,21,22,27)/t15-,20+/m0/s1. The van der Waals surface area contributed by atoms with Gasteiger partial charge in [0.25, 0.3) is 0 Å². The minimum atomic E-state index is -0.783. The zero-order valence-corrected chi connectivity index (χ0v) is 15.8. The lowest BCUT2D eigenvalue weighted by atomic mass is 9.81. The maximum Gasteiger partial charge on any atom is 0.323 e. The second-order valence-electron chi connectivity index (χ2n) is 7.61. The van der Waals surface area contributed by atoms with Crippen LogP contribution in [0.5, 0.6) is 5.75 Å². The molecule has 1 aliphatic heterocycles. The molecule has 28 heavy (non-hydrogen) atoms. The Hall–Kier alpha value is -3.03. The fourth-order valence-electron chi connectivity index (χ4n) is 4.42. The lowest BCUT2D eigenvalue weighted by molar-refractivity contribution is -0.149. The highest BCUT2D eigenvalue weighted by atomic mass is 16.5. The predicted molar refractivity (Wildman–Crippen MR) is 102 cm³/mol. The molecule has 2 aromatic rings. The molecule has 1 saturated carbocycles. The van der Waals surface area contributed by atoms with Gasteiger partial charge in [0.15, 0.2) is 5.82 Å². The molecule has 2 heterocycles. The first-order valence-electron chi connectivity index (χ1n) is 9.46. The third kappa shape index (κ3) is 3.30. The summed E-state index contributed by atoms with van der Waals surface area (Å²) >= 11 is 0. The molecule has 2 fully saturated rings. The van der Waals surface area contributed by atoms with Crippen molar-refractivity contribution in [1.82, 2.24) is 14.7 Å². The van der Waals surface area contributed by atoms with Crippen LogP contribution >= 0.6 is 0 Å². The summed E-state index contributed by atoms with van der Waals surface area (Å²) in [6, 6.07) is 9.17. The van der Waals surface area contributed by atoms with E-state index < -0.39 is 11.4 Å². The van der Waals surface area contributed by atoms with Crippen LogP contribution in [-0.2, 0) is 11.3 Å². The molecule has 2 atom stereocenters. The second-order valence-corrected chi connectivity index (χ2v) is 7.61. The smallest absolute Gasteiger partial charge is 0.323 e. The van der Waals surface area contributed by atoms with Crippen LogP contribution in [0.15, 0.2) is 36.5 Å². The first kappa shape index (κ1) is 18.3. The van der Waals surface area contributed by atoms with Gasteiger partial charge in [-0.05, 0) is 36.5 Å². The fraction of sp³-hybridized carbons (Fsp3) is 0.450. The van der Waals surface area contributed by atoms with Gasteiger partial charge >= 0.3 is 12.0 Å². The molecule has 1 saturated heterocycles. The van der Waals surface area contributed by atoms with Crippen molar-refractivity contribution in [1.29, 1.82) is 0 Å². The van der Waals surface area contributed by atoms with Gasteiger partial charge in [0.2, 0.25) is 0 Å². The number of carboxylic acid groups (broad SMARTS) is 1. The normalized spacial score (nSPS) is 23.5. The summed E-state index contributed by atoms with van der Waals surface area (Å²) in [4.78, 5) is 26.0. The van der Waals surface area contributed by atoms with Crippen molar-refractivity contribution in [2.75, 3.05) is 25.5 Å². The molecule has 8 nitrogen and oxygen atoms in total. The number of aliphatic carboxylic acids is 1. The van der Waals surface area contributed by atoms with E-state index in [0.29, 0.717) is 25.3 Å².